The Balaban J connectivity index is 1.83. The van der Waals surface area contributed by atoms with Gasteiger partial charge in [0.15, 0.2) is 0 Å². The Morgan fingerprint density at radius 1 is 1.26 bits per heavy atom. The molecule has 5 nitrogen and oxygen atoms in total. The second-order valence-corrected chi connectivity index (χ2v) is 8.67. The lowest BCUT2D eigenvalue weighted by Crippen LogP contribution is -2.36. The molecule has 1 fully saturated rings. The average Bonchev–Trinajstić information content (AvgIpc) is 3.25. The molecule has 23 heavy (non-hydrogen) atoms. The van der Waals surface area contributed by atoms with Crippen LogP contribution in [-0.4, -0.2) is 26.9 Å². The minimum absolute atomic E-state index is 0.124. The van der Waals surface area contributed by atoms with E-state index < -0.39 is 10.0 Å². The molecule has 6 heteroatoms. The van der Waals surface area contributed by atoms with Crippen LogP contribution in [0.4, 0.5) is 5.69 Å². The molecule has 126 valence electrons. The Bertz CT molecular complexity index is 723. The number of fused-ring (bicyclic) bond motifs is 1. The SMILES string of the molecule is CC(C)[C@H](C)NS(=O)(=O)c1ccc2c(c1)CCN2C(=O)C1CC1. The summed E-state index contributed by atoms with van der Waals surface area (Å²) in [6, 6.07) is 4.97. The van der Waals surface area contributed by atoms with Crippen LogP contribution in [0.5, 0.6) is 0 Å². The molecular weight excluding hydrogens is 312 g/mol. The van der Waals surface area contributed by atoms with Crippen molar-refractivity contribution >= 4 is 21.6 Å². The van der Waals surface area contributed by atoms with Crippen molar-refractivity contribution in [2.45, 2.75) is 51.0 Å². The van der Waals surface area contributed by atoms with Crippen LogP contribution in [0.1, 0.15) is 39.2 Å². The van der Waals surface area contributed by atoms with Crippen LogP contribution in [0.25, 0.3) is 0 Å². The first kappa shape index (κ1) is 16.5. The molecule has 0 unspecified atom stereocenters. The van der Waals surface area contributed by atoms with Crippen molar-refractivity contribution in [3.8, 4) is 0 Å². The molecule has 0 radical (unpaired) electrons. The number of rotatable bonds is 5. The summed E-state index contributed by atoms with van der Waals surface area (Å²) in [6.07, 6.45) is 2.68. The van der Waals surface area contributed by atoms with Gasteiger partial charge in [-0.3, -0.25) is 4.79 Å². The van der Waals surface area contributed by atoms with Crippen LogP contribution in [0, 0.1) is 11.8 Å². The summed E-state index contributed by atoms with van der Waals surface area (Å²) >= 11 is 0. The van der Waals surface area contributed by atoms with Crippen molar-refractivity contribution in [1.82, 2.24) is 4.72 Å². The molecule has 0 bridgehead atoms. The Morgan fingerprint density at radius 3 is 2.57 bits per heavy atom. The molecule has 1 aromatic rings. The van der Waals surface area contributed by atoms with Crippen molar-refractivity contribution in [2.24, 2.45) is 11.8 Å². The van der Waals surface area contributed by atoms with E-state index in [1.807, 2.05) is 25.7 Å². The molecule has 1 saturated carbocycles. The van der Waals surface area contributed by atoms with Gasteiger partial charge in [0.2, 0.25) is 15.9 Å². The van der Waals surface area contributed by atoms with Gasteiger partial charge in [-0.25, -0.2) is 13.1 Å². The van der Waals surface area contributed by atoms with E-state index in [4.69, 9.17) is 0 Å². The molecule has 0 spiro atoms. The van der Waals surface area contributed by atoms with Crippen molar-refractivity contribution < 1.29 is 13.2 Å². The van der Waals surface area contributed by atoms with Gasteiger partial charge < -0.3 is 4.90 Å². The topological polar surface area (TPSA) is 66.5 Å². The summed E-state index contributed by atoms with van der Waals surface area (Å²) in [4.78, 5) is 14.4. The molecule has 1 aromatic carbocycles. The summed E-state index contributed by atoms with van der Waals surface area (Å²) in [7, 11) is -3.52. The minimum Gasteiger partial charge on any atom is -0.312 e. The quantitative estimate of drug-likeness (QED) is 0.897. The smallest absolute Gasteiger partial charge is 0.240 e. The van der Waals surface area contributed by atoms with E-state index >= 15 is 0 Å². The van der Waals surface area contributed by atoms with Crippen LogP contribution in [-0.2, 0) is 21.2 Å². The highest BCUT2D eigenvalue weighted by Gasteiger charge is 2.36. The largest absolute Gasteiger partial charge is 0.312 e. The normalized spacial score (nSPS) is 19.0. The predicted octanol–water partition coefficient (Wildman–Crippen LogP) is 2.31. The van der Waals surface area contributed by atoms with E-state index in [0.717, 1.165) is 30.5 Å². The molecule has 1 atom stereocenters. The maximum absolute atomic E-state index is 12.5. The zero-order chi connectivity index (χ0) is 16.8. The molecular formula is C17H24N2O3S. The van der Waals surface area contributed by atoms with Gasteiger partial charge in [0.25, 0.3) is 0 Å². The molecule has 0 saturated heterocycles. The van der Waals surface area contributed by atoms with E-state index in [1.54, 1.807) is 18.2 Å². The highest BCUT2D eigenvalue weighted by molar-refractivity contribution is 7.89. The van der Waals surface area contributed by atoms with E-state index in [2.05, 4.69) is 4.72 Å². The van der Waals surface area contributed by atoms with Crippen molar-refractivity contribution in [1.29, 1.82) is 0 Å². The zero-order valence-corrected chi connectivity index (χ0v) is 14.7. The summed E-state index contributed by atoms with van der Waals surface area (Å²) in [6.45, 7) is 6.49. The molecule has 0 aromatic heterocycles. The van der Waals surface area contributed by atoms with Gasteiger partial charge in [0, 0.05) is 24.2 Å². The Hall–Kier alpha value is -1.40. The van der Waals surface area contributed by atoms with E-state index in [9.17, 15) is 13.2 Å². The third-order valence-electron chi connectivity index (χ3n) is 4.79. The molecule has 2 aliphatic rings. The van der Waals surface area contributed by atoms with Crippen molar-refractivity contribution in [2.75, 3.05) is 11.4 Å². The lowest BCUT2D eigenvalue weighted by molar-refractivity contribution is -0.119. The monoisotopic (exact) mass is 336 g/mol. The number of benzene rings is 1. The van der Waals surface area contributed by atoms with Crippen LogP contribution in [0.15, 0.2) is 23.1 Å². The van der Waals surface area contributed by atoms with Gasteiger partial charge in [0.1, 0.15) is 0 Å². The third-order valence-corrected chi connectivity index (χ3v) is 6.35. The number of sulfonamides is 1. The van der Waals surface area contributed by atoms with Gasteiger partial charge in [-0.1, -0.05) is 13.8 Å². The van der Waals surface area contributed by atoms with Crippen molar-refractivity contribution in [3.63, 3.8) is 0 Å². The number of nitrogens with one attached hydrogen (secondary N) is 1. The van der Waals surface area contributed by atoms with Crippen LogP contribution >= 0.6 is 0 Å². The summed E-state index contributed by atoms with van der Waals surface area (Å²) < 4.78 is 27.7. The first-order chi connectivity index (χ1) is 10.8. The Labute approximate surface area is 138 Å². The predicted molar refractivity (Wildman–Crippen MR) is 89.8 cm³/mol. The summed E-state index contributed by atoms with van der Waals surface area (Å²) in [5.41, 5.74) is 1.82. The van der Waals surface area contributed by atoms with Gasteiger partial charge in [-0.15, -0.1) is 0 Å². The first-order valence-electron chi connectivity index (χ1n) is 8.26. The number of hydrogen-bond donors (Lipinski definition) is 1. The van der Waals surface area contributed by atoms with Crippen LogP contribution in [0.3, 0.4) is 0 Å². The number of nitrogens with zero attached hydrogens (tertiary/aromatic N) is 1. The molecule has 1 aliphatic heterocycles. The highest BCUT2D eigenvalue weighted by atomic mass is 32.2. The van der Waals surface area contributed by atoms with E-state index in [-0.39, 0.29) is 28.7 Å². The minimum atomic E-state index is -3.52. The second kappa shape index (κ2) is 5.91. The molecule has 1 aliphatic carbocycles. The average molecular weight is 336 g/mol. The van der Waals surface area contributed by atoms with Gasteiger partial charge in [0.05, 0.1) is 4.90 Å². The third kappa shape index (κ3) is 3.28. The first-order valence-corrected chi connectivity index (χ1v) is 9.74. The van der Waals surface area contributed by atoms with Crippen LogP contribution < -0.4 is 9.62 Å². The number of hydrogen-bond acceptors (Lipinski definition) is 3. The van der Waals surface area contributed by atoms with Crippen molar-refractivity contribution in [3.05, 3.63) is 23.8 Å². The Kier molecular flexibility index (Phi) is 4.23. The Morgan fingerprint density at radius 2 is 1.96 bits per heavy atom. The van der Waals surface area contributed by atoms with Gasteiger partial charge in [-0.2, -0.15) is 0 Å². The summed E-state index contributed by atoms with van der Waals surface area (Å²) in [5.74, 6) is 0.592. The maximum atomic E-state index is 12.5. The molecule has 1 amide bonds. The fourth-order valence-corrected chi connectivity index (χ4v) is 4.22. The van der Waals surface area contributed by atoms with Crippen LogP contribution in [0.2, 0.25) is 0 Å². The lowest BCUT2D eigenvalue weighted by Gasteiger charge is -2.19. The molecule has 3 rings (SSSR count). The summed E-state index contributed by atoms with van der Waals surface area (Å²) in [5, 5.41) is 0. The van der Waals surface area contributed by atoms with Gasteiger partial charge in [-0.05, 0) is 55.9 Å². The zero-order valence-electron chi connectivity index (χ0n) is 13.9. The van der Waals surface area contributed by atoms with Gasteiger partial charge >= 0.3 is 0 Å². The molecule has 1 N–H and O–H groups in total. The number of carbonyl (C=O) groups excluding carboxylic acids is 1. The van der Waals surface area contributed by atoms with E-state index in [1.165, 1.54) is 0 Å². The number of carbonyl (C=O) groups is 1. The second-order valence-electron chi connectivity index (χ2n) is 6.96. The number of amides is 1. The maximum Gasteiger partial charge on any atom is 0.240 e. The fourth-order valence-electron chi connectivity index (χ4n) is 2.77. The fraction of sp³-hybridized carbons (Fsp3) is 0.588. The van der Waals surface area contributed by atoms with E-state index in [0.29, 0.717) is 6.54 Å². The molecule has 1 heterocycles. The highest BCUT2D eigenvalue weighted by Crippen LogP contribution is 2.37. The number of anilines is 1. The lowest BCUT2D eigenvalue weighted by atomic mass is 10.1. The standard InChI is InChI=1S/C17H24N2O3S/c1-11(2)12(3)18-23(21,22)15-6-7-16-14(10-15)8-9-19(16)17(20)13-4-5-13/h6-7,10-13,18H,4-5,8-9H2,1-3H3/t12-/m0/s1.